The molecule has 1 aromatic carbocycles. The normalized spacial score (nSPS) is 13.5. The van der Waals surface area contributed by atoms with Gasteiger partial charge in [0, 0.05) is 24.0 Å². The number of hydrogen-bond donors (Lipinski definition) is 3. The summed E-state index contributed by atoms with van der Waals surface area (Å²) in [4.78, 5) is 0. The Labute approximate surface area is 97.7 Å². The Hall–Kier alpha value is -1.22. The van der Waals surface area contributed by atoms with E-state index in [-0.39, 0.29) is 18.1 Å². The number of rotatable bonds is 4. The second-order valence-corrected chi connectivity index (χ2v) is 5.20. The molecule has 0 fully saturated rings. The first-order chi connectivity index (χ1) is 7.43. The zero-order chi connectivity index (χ0) is 12.2. The molecule has 3 heteroatoms. The molecule has 0 spiro atoms. The predicted molar refractivity (Wildman–Crippen MR) is 69.4 cm³/mol. The molecule has 0 aliphatic heterocycles. The Morgan fingerprint density at radius 1 is 1.38 bits per heavy atom. The van der Waals surface area contributed by atoms with Gasteiger partial charge >= 0.3 is 0 Å². The number of nitrogens with one attached hydrogen (secondary N) is 1. The van der Waals surface area contributed by atoms with Gasteiger partial charge in [-0.25, -0.2) is 0 Å². The Morgan fingerprint density at radius 3 is 2.56 bits per heavy atom. The molecular formula is C13H22N2O. The van der Waals surface area contributed by atoms with Crippen LogP contribution in [0.5, 0.6) is 0 Å². The van der Waals surface area contributed by atoms with E-state index in [1.165, 1.54) is 0 Å². The SMILES string of the molecule is CC(C)(C)C(CCO)Nc1cccc(N)c1. The quantitative estimate of drug-likeness (QED) is 0.686. The van der Waals surface area contributed by atoms with Gasteiger partial charge in [-0.2, -0.15) is 0 Å². The molecule has 0 heterocycles. The lowest BCUT2D eigenvalue weighted by atomic mass is 9.85. The highest BCUT2D eigenvalue weighted by Gasteiger charge is 2.23. The number of hydrogen-bond acceptors (Lipinski definition) is 3. The van der Waals surface area contributed by atoms with Crippen LogP contribution < -0.4 is 11.1 Å². The van der Waals surface area contributed by atoms with Gasteiger partial charge in [-0.15, -0.1) is 0 Å². The summed E-state index contributed by atoms with van der Waals surface area (Å²) >= 11 is 0. The molecule has 0 aliphatic rings. The Bertz CT molecular complexity index is 331. The first-order valence-corrected chi connectivity index (χ1v) is 5.66. The average molecular weight is 222 g/mol. The van der Waals surface area contributed by atoms with Gasteiger partial charge in [0.15, 0.2) is 0 Å². The molecule has 0 radical (unpaired) electrons. The lowest BCUT2D eigenvalue weighted by Gasteiger charge is -2.32. The second-order valence-electron chi connectivity index (χ2n) is 5.20. The third-order valence-electron chi connectivity index (χ3n) is 2.69. The van der Waals surface area contributed by atoms with Gasteiger partial charge < -0.3 is 16.2 Å². The third-order valence-corrected chi connectivity index (χ3v) is 2.69. The van der Waals surface area contributed by atoms with Crippen molar-refractivity contribution in [1.29, 1.82) is 0 Å². The van der Waals surface area contributed by atoms with E-state index in [4.69, 9.17) is 10.8 Å². The zero-order valence-corrected chi connectivity index (χ0v) is 10.3. The highest BCUT2D eigenvalue weighted by molar-refractivity contribution is 5.54. The zero-order valence-electron chi connectivity index (χ0n) is 10.3. The van der Waals surface area contributed by atoms with Crippen LogP contribution in [-0.4, -0.2) is 17.8 Å². The molecule has 0 saturated carbocycles. The van der Waals surface area contributed by atoms with Crippen LogP contribution in [0, 0.1) is 5.41 Å². The summed E-state index contributed by atoms with van der Waals surface area (Å²) in [6.45, 7) is 6.67. The second kappa shape index (κ2) is 5.21. The minimum Gasteiger partial charge on any atom is -0.399 e. The minimum absolute atomic E-state index is 0.104. The Morgan fingerprint density at radius 2 is 2.06 bits per heavy atom. The largest absolute Gasteiger partial charge is 0.399 e. The molecule has 1 unspecified atom stereocenters. The maximum atomic E-state index is 9.07. The van der Waals surface area contributed by atoms with Crippen LogP contribution in [0.4, 0.5) is 11.4 Å². The fourth-order valence-corrected chi connectivity index (χ4v) is 1.68. The lowest BCUT2D eigenvalue weighted by molar-refractivity contribution is 0.235. The first-order valence-electron chi connectivity index (χ1n) is 5.66. The maximum Gasteiger partial charge on any atom is 0.0450 e. The van der Waals surface area contributed by atoms with Crippen molar-refractivity contribution in [3.8, 4) is 0 Å². The maximum absolute atomic E-state index is 9.07. The van der Waals surface area contributed by atoms with E-state index in [2.05, 4.69) is 26.1 Å². The molecule has 0 amide bonds. The number of anilines is 2. The summed E-state index contributed by atoms with van der Waals surface area (Å²) < 4.78 is 0. The summed E-state index contributed by atoms with van der Waals surface area (Å²) in [5.41, 5.74) is 7.59. The van der Waals surface area contributed by atoms with Crippen LogP contribution in [0.3, 0.4) is 0 Å². The highest BCUT2D eigenvalue weighted by atomic mass is 16.3. The van der Waals surface area contributed by atoms with Crippen molar-refractivity contribution in [1.82, 2.24) is 0 Å². The van der Waals surface area contributed by atoms with Crippen molar-refractivity contribution in [2.24, 2.45) is 5.41 Å². The predicted octanol–water partition coefficient (Wildman–Crippen LogP) is 2.48. The highest BCUT2D eigenvalue weighted by Crippen LogP contribution is 2.26. The summed E-state index contributed by atoms with van der Waals surface area (Å²) in [7, 11) is 0. The number of aliphatic hydroxyl groups excluding tert-OH is 1. The van der Waals surface area contributed by atoms with Crippen molar-refractivity contribution in [3.05, 3.63) is 24.3 Å². The van der Waals surface area contributed by atoms with Crippen LogP contribution >= 0.6 is 0 Å². The van der Waals surface area contributed by atoms with Crippen molar-refractivity contribution < 1.29 is 5.11 Å². The molecule has 0 aromatic heterocycles. The van der Waals surface area contributed by atoms with Gasteiger partial charge in [0.25, 0.3) is 0 Å². The fourth-order valence-electron chi connectivity index (χ4n) is 1.68. The molecule has 1 aromatic rings. The van der Waals surface area contributed by atoms with Gasteiger partial charge in [-0.05, 0) is 30.0 Å². The van der Waals surface area contributed by atoms with E-state index < -0.39 is 0 Å². The van der Waals surface area contributed by atoms with Gasteiger partial charge in [-0.1, -0.05) is 26.8 Å². The van der Waals surface area contributed by atoms with Gasteiger partial charge in [0.2, 0.25) is 0 Å². The van der Waals surface area contributed by atoms with Crippen LogP contribution in [0.1, 0.15) is 27.2 Å². The van der Waals surface area contributed by atoms with Crippen molar-refractivity contribution >= 4 is 11.4 Å². The molecule has 3 nitrogen and oxygen atoms in total. The van der Waals surface area contributed by atoms with Gasteiger partial charge in [-0.3, -0.25) is 0 Å². The summed E-state index contributed by atoms with van der Waals surface area (Å²) in [6, 6.07) is 7.93. The molecule has 0 bridgehead atoms. The van der Waals surface area contributed by atoms with Crippen LogP contribution in [-0.2, 0) is 0 Å². The van der Waals surface area contributed by atoms with Gasteiger partial charge in [0.05, 0.1) is 0 Å². The van der Waals surface area contributed by atoms with Crippen LogP contribution in [0.25, 0.3) is 0 Å². The van der Waals surface area contributed by atoms with E-state index in [0.717, 1.165) is 17.8 Å². The third kappa shape index (κ3) is 3.74. The standard InChI is InChI=1S/C13H22N2O/c1-13(2,3)12(7-8-16)15-11-6-4-5-10(14)9-11/h4-6,9,12,15-16H,7-8,14H2,1-3H3. The van der Waals surface area contributed by atoms with E-state index in [1.54, 1.807) is 0 Å². The molecule has 1 atom stereocenters. The summed E-state index contributed by atoms with van der Waals surface area (Å²) in [6.07, 6.45) is 0.734. The van der Waals surface area contributed by atoms with Crippen LogP contribution in [0.15, 0.2) is 24.3 Å². The van der Waals surface area contributed by atoms with Crippen molar-refractivity contribution in [2.75, 3.05) is 17.7 Å². The number of aliphatic hydroxyl groups is 1. The Kier molecular flexibility index (Phi) is 4.19. The summed E-state index contributed by atoms with van der Waals surface area (Å²) in [5.74, 6) is 0. The fraction of sp³-hybridized carbons (Fsp3) is 0.538. The molecular weight excluding hydrogens is 200 g/mol. The number of nitrogens with two attached hydrogens (primary N) is 1. The Balaban J connectivity index is 2.76. The topological polar surface area (TPSA) is 58.3 Å². The van der Waals surface area contributed by atoms with E-state index in [1.807, 2.05) is 24.3 Å². The van der Waals surface area contributed by atoms with E-state index >= 15 is 0 Å². The van der Waals surface area contributed by atoms with Crippen molar-refractivity contribution in [3.63, 3.8) is 0 Å². The minimum atomic E-state index is 0.104. The number of nitrogen functional groups attached to an aromatic ring is 1. The summed E-state index contributed by atoms with van der Waals surface area (Å²) in [5, 5.41) is 12.5. The van der Waals surface area contributed by atoms with E-state index in [9.17, 15) is 0 Å². The molecule has 0 aliphatic carbocycles. The smallest absolute Gasteiger partial charge is 0.0450 e. The van der Waals surface area contributed by atoms with Gasteiger partial charge in [0.1, 0.15) is 0 Å². The monoisotopic (exact) mass is 222 g/mol. The molecule has 4 N–H and O–H groups in total. The lowest BCUT2D eigenvalue weighted by Crippen LogP contribution is -2.34. The molecule has 0 saturated heterocycles. The van der Waals surface area contributed by atoms with E-state index in [0.29, 0.717) is 0 Å². The van der Waals surface area contributed by atoms with Crippen LogP contribution in [0.2, 0.25) is 0 Å². The number of benzene rings is 1. The average Bonchev–Trinajstić information content (AvgIpc) is 2.16. The molecule has 1 rings (SSSR count). The van der Waals surface area contributed by atoms with Crippen molar-refractivity contribution in [2.45, 2.75) is 33.2 Å². The molecule has 90 valence electrons. The molecule has 16 heavy (non-hydrogen) atoms. The first kappa shape index (κ1) is 12.8.